The van der Waals surface area contributed by atoms with E-state index in [0.29, 0.717) is 17.2 Å². The predicted molar refractivity (Wildman–Crippen MR) is 130 cm³/mol. The van der Waals surface area contributed by atoms with Gasteiger partial charge in [0.05, 0.1) is 6.42 Å². The lowest BCUT2D eigenvalue weighted by Gasteiger charge is -2.28. The van der Waals surface area contributed by atoms with E-state index in [-0.39, 0.29) is 25.0 Å². The van der Waals surface area contributed by atoms with E-state index in [2.05, 4.69) is 10.3 Å². The second kappa shape index (κ2) is 8.94. The van der Waals surface area contributed by atoms with E-state index in [1.165, 1.54) is 4.90 Å². The van der Waals surface area contributed by atoms with Crippen LogP contribution in [0.3, 0.4) is 0 Å². The molecule has 0 radical (unpaired) electrons. The van der Waals surface area contributed by atoms with Gasteiger partial charge in [0.2, 0.25) is 12.7 Å². The Hall–Kier alpha value is -4.26. The SMILES string of the molecule is Cc1ccc([C@@H](C(=O)Nc2ccc3c(c2)OCO3)N(C)C(=O)Cc2c[nH]c3ccccc23)cc1. The van der Waals surface area contributed by atoms with E-state index in [9.17, 15) is 9.59 Å². The number of hydrogen-bond acceptors (Lipinski definition) is 4. The quantitative estimate of drug-likeness (QED) is 0.446. The third-order valence-corrected chi connectivity index (χ3v) is 6.08. The standard InChI is InChI=1S/C27H25N3O4/c1-17-7-9-18(10-8-17)26(27(32)29-20-11-12-23-24(14-20)34-16-33-23)30(2)25(31)13-19-15-28-22-6-4-3-5-21(19)22/h3-12,14-15,26,28H,13,16H2,1-2H3,(H,29,32)/t26-/m0/s1. The summed E-state index contributed by atoms with van der Waals surface area (Å²) in [5, 5.41) is 3.94. The zero-order chi connectivity index (χ0) is 23.7. The summed E-state index contributed by atoms with van der Waals surface area (Å²) in [7, 11) is 1.67. The number of amides is 2. The van der Waals surface area contributed by atoms with Gasteiger partial charge in [0.1, 0.15) is 6.04 Å². The average Bonchev–Trinajstić information content (AvgIpc) is 3.47. The van der Waals surface area contributed by atoms with Crippen molar-refractivity contribution in [1.82, 2.24) is 9.88 Å². The van der Waals surface area contributed by atoms with Gasteiger partial charge in [0.15, 0.2) is 11.5 Å². The summed E-state index contributed by atoms with van der Waals surface area (Å²) < 4.78 is 10.8. The fourth-order valence-electron chi connectivity index (χ4n) is 4.19. The number of carbonyl (C=O) groups excluding carboxylic acids is 2. The highest BCUT2D eigenvalue weighted by atomic mass is 16.7. The van der Waals surface area contributed by atoms with Crippen molar-refractivity contribution in [2.75, 3.05) is 19.2 Å². The molecule has 1 aromatic heterocycles. The molecule has 2 amide bonds. The molecule has 1 aliphatic rings. The fourth-order valence-corrected chi connectivity index (χ4v) is 4.19. The molecule has 1 aliphatic heterocycles. The summed E-state index contributed by atoms with van der Waals surface area (Å²) in [5.41, 5.74) is 4.25. The number of aryl methyl sites for hydroxylation is 1. The Bertz CT molecular complexity index is 1360. The van der Waals surface area contributed by atoms with E-state index >= 15 is 0 Å². The Morgan fingerprint density at radius 2 is 1.79 bits per heavy atom. The second-order valence-corrected chi connectivity index (χ2v) is 8.41. The van der Waals surface area contributed by atoms with Gasteiger partial charge in [0, 0.05) is 35.9 Å². The molecule has 7 heteroatoms. The molecule has 172 valence electrons. The molecular formula is C27H25N3O4. The number of H-pyrrole nitrogens is 1. The van der Waals surface area contributed by atoms with E-state index in [0.717, 1.165) is 27.6 Å². The number of likely N-dealkylation sites (N-methyl/N-ethyl adjacent to an activating group) is 1. The molecule has 3 aromatic carbocycles. The Balaban J connectivity index is 1.41. The van der Waals surface area contributed by atoms with Crippen LogP contribution in [0.2, 0.25) is 0 Å². The first-order chi connectivity index (χ1) is 16.5. The number of aromatic nitrogens is 1. The van der Waals surface area contributed by atoms with Crippen LogP contribution in [0, 0.1) is 6.92 Å². The number of nitrogens with zero attached hydrogens (tertiary/aromatic N) is 1. The fraction of sp³-hybridized carbons (Fsp3) is 0.185. The van der Waals surface area contributed by atoms with Gasteiger partial charge < -0.3 is 24.7 Å². The highest BCUT2D eigenvalue weighted by Gasteiger charge is 2.29. The van der Waals surface area contributed by atoms with Gasteiger partial charge in [0.25, 0.3) is 5.91 Å². The van der Waals surface area contributed by atoms with Crippen molar-refractivity contribution in [2.24, 2.45) is 0 Å². The summed E-state index contributed by atoms with van der Waals surface area (Å²) in [6.07, 6.45) is 2.03. The van der Waals surface area contributed by atoms with E-state index in [4.69, 9.17) is 9.47 Å². The highest BCUT2D eigenvalue weighted by molar-refractivity contribution is 5.99. The van der Waals surface area contributed by atoms with Crippen molar-refractivity contribution in [3.05, 3.63) is 89.6 Å². The van der Waals surface area contributed by atoms with Gasteiger partial charge in [-0.15, -0.1) is 0 Å². The maximum absolute atomic E-state index is 13.5. The molecule has 0 unspecified atom stereocenters. The van der Waals surface area contributed by atoms with Crippen LogP contribution in [0.15, 0.2) is 72.9 Å². The molecule has 0 bridgehead atoms. The summed E-state index contributed by atoms with van der Waals surface area (Å²) >= 11 is 0. The van der Waals surface area contributed by atoms with E-state index in [1.807, 2.05) is 61.7 Å². The Morgan fingerprint density at radius 3 is 2.62 bits per heavy atom. The maximum Gasteiger partial charge on any atom is 0.251 e. The van der Waals surface area contributed by atoms with Crippen LogP contribution in [-0.2, 0) is 16.0 Å². The number of ether oxygens (including phenoxy) is 2. The predicted octanol–water partition coefficient (Wildman–Crippen LogP) is 4.59. The van der Waals surface area contributed by atoms with Crippen molar-refractivity contribution in [3.8, 4) is 11.5 Å². The number of anilines is 1. The Labute approximate surface area is 197 Å². The first-order valence-corrected chi connectivity index (χ1v) is 11.1. The number of hydrogen-bond donors (Lipinski definition) is 2. The monoisotopic (exact) mass is 455 g/mol. The molecule has 4 aromatic rings. The third-order valence-electron chi connectivity index (χ3n) is 6.08. The summed E-state index contributed by atoms with van der Waals surface area (Å²) in [4.78, 5) is 31.5. The van der Waals surface area contributed by atoms with E-state index < -0.39 is 6.04 Å². The molecule has 0 fully saturated rings. The van der Waals surface area contributed by atoms with Gasteiger partial charge >= 0.3 is 0 Å². The number of nitrogens with one attached hydrogen (secondary N) is 2. The number of carbonyl (C=O) groups is 2. The molecular weight excluding hydrogens is 430 g/mol. The van der Waals surface area contributed by atoms with Crippen molar-refractivity contribution < 1.29 is 19.1 Å². The molecule has 0 aliphatic carbocycles. The Kier molecular flexibility index (Phi) is 5.67. The molecule has 0 saturated heterocycles. The number of fused-ring (bicyclic) bond motifs is 2. The first-order valence-electron chi connectivity index (χ1n) is 11.1. The molecule has 7 nitrogen and oxygen atoms in total. The van der Waals surface area contributed by atoms with Gasteiger partial charge in [-0.1, -0.05) is 48.0 Å². The third kappa shape index (κ3) is 4.20. The van der Waals surface area contributed by atoms with Crippen LogP contribution in [0.1, 0.15) is 22.7 Å². The topological polar surface area (TPSA) is 83.7 Å². The number of benzene rings is 3. The summed E-state index contributed by atoms with van der Waals surface area (Å²) in [5.74, 6) is 0.751. The first kappa shape index (κ1) is 21.6. The minimum atomic E-state index is -0.802. The summed E-state index contributed by atoms with van der Waals surface area (Å²) in [6.45, 7) is 2.14. The molecule has 5 rings (SSSR count). The molecule has 2 N–H and O–H groups in total. The number of para-hydroxylation sites is 1. The van der Waals surface area contributed by atoms with Gasteiger partial charge in [-0.2, -0.15) is 0 Å². The number of rotatable bonds is 6. The highest BCUT2D eigenvalue weighted by Crippen LogP contribution is 2.35. The molecule has 34 heavy (non-hydrogen) atoms. The lowest BCUT2D eigenvalue weighted by molar-refractivity contribution is -0.136. The van der Waals surface area contributed by atoms with Crippen LogP contribution in [0.5, 0.6) is 11.5 Å². The minimum Gasteiger partial charge on any atom is -0.454 e. The van der Waals surface area contributed by atoms with Crippen LogP contribution < -0.4 is 14.8 Å². The lowest BCUT2D eigenvalue weighted by atomic mass is 10.0. The summed E-state index contributed by atoms with van der Waals surface area (Å²) in [6, 6.07) is 19.9. The van der Waals surface area contributed by atoms with Crippen LogP contribution in [-0.4, -0.2) is 35.5 Å². The van der Waals surface area contributed by atoms with Gasteiger partial charge in [-0.3, -0.25) is 9.59 Å². The lowest BCUT2D eigenvalue weighted by Crippen LogP contribution is -2.39. The van der Waals surface area contributed by atoms with Crippen molar-refractivity contribution in [3.63, 3.8) is 0 Å². The van der Waals surface area contributed by atoms with Crippen molar-refractivity contribution in [2.45, 2.75) is 19.4 Å². The van der Waals surface area contributed by atoms with Gasteiger partial charge in [-0.25, -0.2) is 0 Å². The molecule has 2 heterocycles. The smallest absolute Gasteiger partial charge is 0.251 e. The number of aromatic amines is 1. The minimum absolute atomic E-state index is 0.156. The maximum atomic E-state index is 13.5. The molecule has 1 atom stereocenters. The van der Waals surface area contributed by atoms with Crippen molar-refractivity contribution >= 4 is 28.4 Å². The van der Waals surface area contributed by atoms with Crippen LogP contribution >= 0.6 is 0 Å². The second-order valence-electron chi connectivity index (χ2n) is 8.41. The van der Waals surface area contributed by atoms with Crippen LogP contribution in [0.4, 0.5) is 5.69 Å². The zero-order valence-corrected chi connectivity index (χ0v) is 19.0. The van der Waals surface area contributed by atoms with Crippen LogP contribution in [0.25, 0.3) is 10.9 Å². The molecule has 0 saturated carbocycles. The van der Waals surface area contributed by atoms with E-state index in [1.54, 1.807) is 25.2 Å². The Morgan fingerprint density at radius 1 is 1.03 bits per heavy atom. The van der Waals surface area contributed by atoms with Gasteiger partial charge in [-0.05, 0) is 36.2 Å². The average molecular weight is 456 g/mol. The zero-order valence-electron chi connectivity index (χ0n) is 19.0. The molecule has 0 spiro atoms. The van der Waals surface area contributed by atoms with Crippen molar-refractivity contribution in [1.29, 1.82) is 0 Å². The normalized spacial score (nSPS) is 13.0. The largest absolute Gasteiger partial charge is 0.454 e.